The van der Waals surface area contributed by atoms with Gasteiger partial charge in [-0.1, -0.05) is 19.1 Å². The summed E-state index contributed by atoms with van der Waals surface area (Å²) < 4.78 is 0. The summed E-state index contributed by atoms with van der Waals surface area (Å²) >= 11 is 0. The molecule has 0 unspecified atom stereocenters. The summed E-state index contributed by atoms with van der Waals surface area (Å²) in [7, 11) is 0. The van der Waals surface area contributed by atoms with Crippen molar-refractivity contribution in [1.82, 2.24) is 0 Å². The van der Waals surface area contributed by atoms with Crippen molar-refractivity contribution in [3.63, 3.8) is 0 Å². The first-order valence-electron chi connectivity index (χ1n) is 2.50. The van der Waals surface area contributed by atoms with E-state index in [0.29, 0.717) is 0 Å². The van der Waals surface area contributed by atoms with Gasteiger partial charge in [-0.15, -0.1) is 12.3 Å². The van der Waals surface area contributed by atoms with Crippen LogP contribution in [0, 0.1) is 12.3 Å². The zero-order chi connectivity index (χ0) is 5.54. The summed E-state index contributed by atoms with van der Waals surface area (Å²) in [6, 6.07) is 0. The lowest BCUT2D eigenvalue weighted by molar-refractivity contribution is 1.21. The van der Waals surface area contributed by atoms with Crippen molar-refractivity contribution in [2.24, 2.45) is 0 Å². The fourth-order valence-corrected chi connectivity index (χ4v) is 0.318. The van der Waals surface area contributed by atoms with Gasteiger partial charge in [0.15, 0.2) is 0 Å². The minimum absolute atomic E-state index is 0.772. The van der Waals surface area contributed by atoms with Crippen LogP contribution in [-0.2, 0) is 0 Å². The molecule has 0 radical (unpaired) electrons. The third-order valence-electron chi connectivity index (χ3n) is 0.638. The van der Waals surface area contributed by atoms with Crippen LogP contribution < -0.4 is 0 Å². The van der Waals surface area contributed by atoms with Crippen molar-refractivity contribution in [3.05, 3.63) is 12.2 Å². The number of hydrogen-bond donors (Lipinski definition) is 0. The van der Waals surface area contributed by atoms with E-state index >= 15 is 0 Å². The molecular weight excluding hydrogens is 84.1 g/mol. The minimum Gasteiger partial charge on any atom is -0.120 e. The Morgan fingerprint density at radius 3 is 2.71 bits per heavy atom. The maximum atomic E-state index is 4.97. The van der Waals surface area contributed by atoms with E-state index in [-0.39, 0.29) is 0 Å². The van der Waals surface area contributed by atoms with Crippen molar-refractivity contribution < 1.29 is 0 Å². The van der Waals surface area contributed by atoms with Gasteiger partial charge in [-0.25, -0.2) is 0 Å². The van der Waals surface area contributed by atoms with E-state index in [1.54, 1.807) is 0 Å². The van der Waals surface area contributed by atoms with Crippen LogP contribution in [0.3, 0.4) is 0 Å². The standard InChI is InChI=1S/C7H10/c1-3-5-7-6-4-2/h1,6-7H,4-5H2,2H3/b7-6-. The molecule has 0 nitrogen and oxygen atoms in total. The van der Waals surface area contributed by atoms with Gasteiger partial charge in [0.25, 0.3) is 0 Å². The Morgan fingerprint density at radius 2 is 2.29 bits per heavy atom. The van der Waals surface area contributed by atoms with E-state index in [9.17, 15) is 0 Å². The molecule has 0 aromatic carbocycles. The van der Waals surface area contributed by atoms with Crippen molar-refractivity contribution >= 4 is 0 Å². The summed E-state index contributed by atoms with van der Waals surface area (Å²) in [5.74, 6) is 2.52. The lowest BCUT2D eigenvalue weighted by atomic mass is 10.3. The summed E-state index contributed by atoms with van der Waals surface area (Å²) in [6.07, 6.45) is 10.9. The SMILES string of the molecule is C#CC/C=C\CC. The van der Waals surface area contributed by atoms with Crippen LogP contribution in [0.5, 0.6) is 0 Å². The van der Waals surface area contributed by atoms with Crippen LogP contribution in [0.25, 0.3) is 0 Å². The quantitative estimate of drug-likeness (QED) is 0.362. The van der Waals surface area contributed by atoms with Crippen molar-refractivity contribution in [3.8, 4) is 12.3 Å². The van der Waals surface area contributed by atoms with Gasteiger partial charge in [0, 0.05) is 6.42 Å². The summed E-state index contributed by atoms with van der Waals surface area (Å²) in [6.45, 7) is 2.09. The molecule has 0 aliphatic heterocycles. The maximum Gasteiger partial charge on any atom is 0.0267 e. The van der Waals surface area contributed by atoms with Gasteiger partial charge in [0.05, 0.1) is 0 Å². The molecule has 0 heteroatoms. The van der Waals surface area contributed by atoms with Crippen molar-refractivity contribution in [2.75, 3.05) is 0 Å². The molecule has 0 aromatic heterocycles. The van der Waals surface area contributed by atoms with E-state index in [4.69, 9.17) is 6.42 Å². The highest BCUT2D eigenvalue weighted by Crippen LogP contribution is 1.81. The van der Waals surface area contributed by atoms with Crippen LogP contribution >= 0.6 is 0 Å². The first kappa shape index (κ1) is 6.30. The second-order valence-corrected chi connectivity index (χ2v) is 1.29. The number of hydrogen-bond acceptors (Lipinski definition) is 0. The molecular formula is C7H10. The van der Waals surface area contributed by atoms with Gasteiger partial charge in [-0.2, -0.15) is 0 Å². The first-order chi connectivity index (χ1) is 3.41. The summed E-state index contributed by atoms with van der Waals surface area (Å²) in [5.41, 5.74) is 0. The van der Waals surface area contributed by atoms with E-state index in [1.165, 1.54) is 0 Å². The smallest absolute Gasteiger partial charge is 0.0267 e. The molecule has 0 atom stereocenters. The van der Waals surface area contributed by atoms with Crippen LogP contribution in [0.4, 0.5) is 0 Å². The zero-order valence-corrected chi connectivity index (χ0v) is 4.65. The third-order valence-corrected chi connectivity index (χ3v) is 0.638. The molecule has 0 aliphatic carbocycles. The van der Waals surface area contributed by atoms with Gasteiger partial charge in [-0.05, 0) is 6.42 Å². The monoisotopic (exact) mass is 94.1 g/mol. The lowest BCUT2D eigenvalue weighted by Crippen LogP contribution is -1.54. The van der Waals surface area contributed by atoms with Crippen molar-refractivity contribution in [2.45, 2.75) is 19.8 Å². The predicted molar refractivity (Wildman–Crippen MR) is 32.9 cm³/mol. The summed E-state index contributed by atoms with van der Waals surface area (Å²) in [5, 5.41) is 0. The number of rotatable bonds is 2. The first-order valence-corrected chi connectivity index (χ1v) is 2.50. The van der Waals surface area contributed by atoms with Crippen LogP contribution in [0.1, 0.15) is 19.8 Å². The fraction of sp³-hybridized carbons (Fsp3) is 0.429. The Kier molecular flexibility index (Phi) is 4.77. The molecule has 0 aromatic rings. The lowest BCUT2D eigenvalue weighted by Gasteiger charge is -1.73. The summed E-state index contributed by atoms with van der Waals surface area (Å²) in [4.78, 5) is 0. The Hall–Kier alpha value is -0.700. The van der Waals surface area contributed by atoms with Gasteiger partial charge in [0.2, 0.25) is 0 Å². The molecule has 7 heavy (non-hydrogen) atoms. The van der Waals surface area contributed by atoms with Gasteiger partial charge in [-0.3, -0.25) is 0 Å². The van der Waals surface area contributed by atoms with E-state index in [0.717, 1.165) is 12.8 Å². The Balaban J connectivity index is 2.97. The third kappa shape index (κ3) is 5.30. The molecule has 0 spiro atoms. The molecule has 38 valence electrons. The number of allylic oxidation sites excluding steroid dienone is 2. The fourth-order valence-electron chi connectivity index (χ4n) is 0.318. The second-order valence-electron chi connectivity index (χ2n) is 1.29. The largest absolute Gasteiger partial charge is 0.120 e. The highest BCUT2D eigenvalue weighted by Gasteiger charge is 1.63. The van der Waals surface area contributed by atoms with Gasteiger partial charge >= 0.3 is 0 Å². The molecule has 0 amide bonds. The molecule has 0 bridgehead atoms. The van der Waals surface area contributed by atoms with Gasteiger partial charge < -0.3 is 0 Å². The molecule has 0 N–H and O–H groups in total. The van der Waals surface area contributed by atoms with Crippen LogP contribution in [0.15, 0.2) is 12.2 Å². The van der Waals surface area contributed by atoms with Crippen molar-refractivity contribution in [1.29, 1.82) is 0 Å². The molecule has 0 saturated heterocycles. The Bertz CT molecular complexity index is 82.7. The topological polar surface area (TPSA) is 0 Å². The molecule has 0 heterocycles. The Labute approximate surface area is 45.2 Å². The van der Waals surface area contributed by atoms with E-state index in [1.807, 2.05) is 6.08 Å². The van der Waals surface area contributed by atoms with Crippen LogP contribution in [0.2, 0.25) is 0 Å². The average molecular weight is 94.2 g/mol. The maximum absolute atomic E-state index is 4.97. The number of terminal acetylenes is 1. The highest BCUT2D eigenvalue weighted by molar-refractivity contribution is 4.95. The average Bonchev–Trinajstić information content (AvgIpc) is 1.69. The van der Waals surface area contributed by atoms with Crippen LogP contribution in [-0.4, -0.2) is 0 Å². The normalized spacial score (nSPS) is 9.14. The van der Waals surface area contributed by atoms with E-state index < -0.39 is 0 Å². The zero-order valence-electron chi connectivity index (χ0n) is 4.65. The molecule has 0 aliphatic rings. The molecule has 0 fully saturated rings. The molecule has 0 rings (SSSR count). The highest BCUT2D eigenvalue weighted by atomic mass is 13.7. The second kappa shape index (κ2) is 5.30. The van der Waals surface area contributed by atoms with E-state index in [2.05, 4.69) is 18.9 Å². The van der Waals surface area contributed by atoms with Gasteiger partial charge in [0.1, 0.15) is 0 Å². The minimum atomic E-state index is 0.772. The predicted octanol–water partition coefficient (Wildman–Crippen LogP) is 1.98. The Morgan fingerprint density at radius 1 is 1.57 bits per heavy atom. The molecule has 0 saturated carbocycles.